The Hall–Kier alpha value is -0.910. The molecule has 1 aliphatic carbocycles. The summed E-state index contributed by atoms with van der Waals surface area (Å²) >= 11 is 0. The topological polar surface area (TPSA) is 52.6 Å². The van der Waals surface area contributed by atoms with Gasteiger partial charge in [-0.1, -0.05) is 18.2 Å². The van der Waals surface area contributed by atoms with Gasteiger partial charge in [0.1, 0.15) is 0 Å². The molecule has 0 bridgehead atoms. The molecule has 4 nitrogen and oxygen atoms in total. The third-order valence-electron chi connectivity index (χ3n) is 4.85. The summed E-state index contributed by atoms with van der Waals surface area (Å²) in [7, 11) is -3.37. The van der Waals surface area contributed by atoms with Crippen molar-refractivity contribution in [2.75, 3.05) is 13.2 Å². The maximum absolute atomic E-state index is 12.8. The van der Waals surface area contributed by atoms with Crippen LogP contribution < -0.4 is 0 Å². The van der Waals surface area contributed by atoms with Crippen molar-refractivity contribution >= 4 is 9.84 Å². The summed E-state index contributed by atoms with van der Waals surface area (Å²) in [6.07, 6.45) is 1.66. The highest BCUT2D eigenvalue weighted by atomic mass is 32.2. The van der Waals surface area contributed by atoms with Gasteiger partial charge in [0.25, 0.3) is 0 Å². The molecule has 2 aliphatic rings. The molecule has 1 aliphatic heterocycles. The van der Waals surface area contributed by atoms with E-state index in [-0.39, 0.29) is 0 Å². The van der Waals surface area contributed by atoms with Crippen molar-refractivity contribution < 1.29 is 17.9 Å². The molecular formula is C15H20O4S. The average molecular weight is 296 g/mol. The highest BCUT2D eigenvalue weighted by Crippen LogP contribution is 2.61. The lowest BCUT2D eigenvalue weighted by molar-refractivity contribution is -0.191. The van der Waals surface area contributed by atoms with Crippen LogP contribution in [-0.2, 0) is 19.3 Å². The van der Waals surface area contributed by atoms with Gasteiger partial charge in [-0.25, -0.2) is 8.42 Å². The van der Waals surface area contributed by atoms with Crippen molar-refractivity contribution in [2.24, 2.45) is 5.41 Å². The smallest absolute Gasteiger partial charge is 0.181 e. The van der Waals surface area contributed by atoms with Gasteiger partial charge in [0.2, 0.25) is 0 Å². The zero-order valence-corrected chi connectivity index (χ0v) is 12.7. The third-order valence-corrected chi connectivity index (χ3v) is 7.16. The van der Waals surface area contributed by atoms with Gasteiger partial charge in [-0.15, -0.1) is 0 Å². The van der Waals surface area contributed by atoms with Crippen LogP contribution in [0.4, 0.5) is 0 Å². The fourth-order valence-electron chi connectivity index (χ4n) is 3.28. The highest BCUT2D eigenvalue weighted by Gasteiger charge is 2.66. The monoisotopic (exact) mass is 296 g/mol. The summed E-state index contributed by atoms with van der Waals surface area (Å²) in [5.41, 5.74) is -0.418. The first-order valence-corrected chi connectivity index (χ1v) is 8.54. The maximum Gasteiger partial charge on any atom is 0.181 e. The molecule has 1 saturated heterocycles. The lowest BCUT2D eigenvalue weighted by Gasteiger charge is -2.36. The first-order valence-electron chi connectivity index (χ1n) is 6.99. The molecule has 1 aromatic carbocycles. The first-order chi connectivity index (χ1) is 9.42. The Balaban J connectivity index is 1.95. The third kappa shape index (κ3) is 1.91. The van der Waals surface area contributed by atoms with Crippen molar-refractivity contribution in [2.45, 2.75) is 42.6 Å². The Labute approximate surface area is 120 Å². The van der Waals surface area contributed by atoms with Crippen molar-refractivity contribution in [1.82, 2.24) is 0 Å². The summed E-state index contributed by atoms with van der Waals surface area (Å²) < 4.78 is 37.1. The highest BCUT2D eigenvalue weighted by molar-refractivity contribution is 7.92. The van der Waals surface area contributed by atoms with E-state index in [1.165, 1.54) is 0 Å². The van der Waals surface area contributed by atoms with Crippen LogP contribution in [0, 0.1) is 5.41 Å². The molecule has 3 rings (SSSR count). The summed E-state index contributed by atoms with van der Waals surface area (Å²) in [5, 5.41) is -0.513. The van der Waals surface area contributed by atoms with E-state index >= 15 is 0 Å². The largest absolute Gasteiger partial charge is 0.347 e. The second kappa shape index (κ2) is 4.55. The molecule has 110 valence electrons. The van der Waals surface area contributed by atoms with Crippen molar-refractivity contribution in [3.05, 3.63) is 30.3 Å². The molecule has 0 N–H and O–H groups in total. The van der Waals surface area contributed by atoms with Crippen LogP contribution in [0.1, 0.15) is 26.7 Å². The van der Waals surface area contributed by atoms with Gasteiger partial charge in [-0.3, -0.25) is 0 Å². The Kier molecular flexibility index (Phi) is 3.19. The second-order valence-corrected chi connectivity index (χ2v) is 8.07. The Morgan fingerprint density at radius 3 is 2.15 bits per heavy atom. The van der Waals surface area contributed by atoms with Gasteiger partial charge < -0.3 is 9.47 Å². The lowest BCUT2D eigenvalue weighted by Crippen LogP contribution is -2.46. The molecule has 20 heavy (non-hydrogen) atoms. The second-order valence-electron chi connectivity index (χ2n) is 5.80. The molecule has 1 heterocycles. The van der Waals surface area contributed by atoms with E-state index in [4.69, 9.17) is 9.47 Å². The van der Waals surface area contributed by atoms with E-state index in [1.807, 2.05) is 13.0 Å². The van der Waals surface area contributed by atoms with Crippen molar-refractivity contribution in [1.29, 1.82) is 0 Å². The molecule has 5 heteroatoms. The van der Waals surface area contributed by atoms with E-state index in [1.54, 1.807) is 31.2 Å². The van der Waals surface area contributed by atoms with Gasteiger partial charge in [0.05, 0.1) is 23.4 Å². The molecule has 1 atom stereocenters. The van der Waals surface area contributed by atoms with Crippen LogP contribution in [0.15, 0.2) is 35.2 Å². The molecule has 0 amide bonds. The maximum atomic E-state index is 12.8. The molecule has 1 saturated carbocycles. The number of ether oxygens (including phenoxy) is 2. The zero-order chi connectivity index (χ0) is 14.4. The molecule has 0 spiro atoms. The predicted octanol–water partition coefficient (Wildman–Crippen LogP) is 2.39. The Bertz CT molecular complexity index is 584. The van der Waals surface area contributed by atoms with Crippen LogP contribution in [0.5, 0.6) is 0 Å². The van der Waals surface area contributed by atoms with E-state index in [0.717, 1.165) is 12.8 Å². The van der Waals surface area contributed by atoms with Gasteiger partial charge in [-0.05, 0) is 38.8 Å². The number of rotatable bonds is 4. The zero-order valence-electron chi connectivity index (χ0n) is 11.8. The number of hydrogen-bond donors (Lipinski definition) is 0. The van der Waals surface area contributed by atoms with Crippen LogP contribution in [-0.4, -0.2) is 32.7 Å². The van der Waals surface area contributed by atoms with Gasteiger partial charge >= 0.3 is 0 Å². The average Bonchev–Trinajstić information content (AvgIpc) is 3.16. The van der Waals surface area contributed by atoms with Crippen LogP contribution in [0.2, 0.25) is 0 Å². The van der Waals surface area contributed by atoms with Crippen molar-refractivity contribution in [3.63, 3.8) is 0 Å². The van der Waals surface area contributed by atoms with Crippen molar-refractivity contribution in [3.8, 4) is 0 Å². The van der Waals surface area contributed by atoms with Crippen LogP contribution in [0.3, 0.4) is 0 Å². The Morgan fingerprint density at radius 1 is 1.10 bits per heavy atom. The fraction of sp³-hybridized carbons (Fsp3) is 0.600. The summed E-state index contributed by atoms with van der Waals surface area (Å²) in [6.45, 7) is 4.74. The van der Waals surface area contributed by atoms with E-state index in [0.29, 0.717) is 18.1 Å². The number of benzene rings is 1. The van der Waals surface area contributed by atoms with E-state index in [2.05, 4.69) is 0 Å². The minimum atomic E-state index is -3.37. The molecule has 1 unspecified atom stereocenters. The predicted molar refractivity (Wildman–Crippen MR) is 75.1 cm³/mol. The molecule has 1 aromatic rings. The van der Waals surface area contributed by atoms with E-state index in [9.17, 15) is 8.42 Å². The van der Waals surface area contributed by atoms with Crippen LogP contribution >= 0.6 is 0 Å². The summed E-state index contributed by atoms with van der Waals surface area (Å²) in [4.78, 5) is 0.375. The standard InChI is InChI=1S/C15H20O4S/c1-12(20(16,17)13-6-4-3-5-7-13)15(8-9-15)14(2)18-10-11-19-14/h3-7,12H,8-11H2,1-2H3. The van der Waals surface area contributed by atoms with E-state index < -0.39 is 26.3 Å². The molecule has 0 aromatic heterocycles. The fourth-order valence-corrected chi connectivity index (χ4v) is 5.27. The van der Waals surface area contributed by atoms with Gasteiger partial charge in [0.15, 0.2) is 15.6 Å². The minimum absolute atomic E-state index is 0.375. The van der Waals surface area contributed by atoms with Crippen LogP contribution in [0.25, 0.3) is 0 Å². The summed E-state index contributed by atoms with van der Waals surface area (Å²) in [5.74, 6) is -0.770. The first kappa shape index (κ1) is 14.0. The molecular weight excluding hydrogens is 276 g/mol. The molecule has 2 fully saturated rings. The van der Waals surface area contributed by atoms with Gasteiger partial charge in [-0.2, -0.15) is 0 Å². The lowest BCUT2D eigenvalue weighted by atomic mass is 9.93. The number of hydrogen-bond acceptors (Lipinski definition) is 4. The van der Waals surface area contributed by atoms with Gasteiger partial charge in [0, 0.05) is 5.41 Å². The SMILES string of the molecule is CC(C1(C2(C)OCCO2)CC1)S(=O)(=O)c1ccccc1. The summed E-state index contributed by atoms with van der Waals surface area (Å²) in [6, 6.07) is 8.63. The normalized spacial score (nSPS) is 25.3. The minimum Gasteiger partial charge on any atom is -0.347 e. The quantitative estimate of drug-likeness (QED) is 0.856. The number of sulfone groups is 1. The Morgan fingerprint density at radius 2 is 1.65 bits per heavy atom. The molecule has 0 radical (unpaired) electrons.